The normalized spacial score (nSPS) is 13.2. The summed E-state index contributed by atoms with van der Waals surface area (Å²) in [5, 5.41) is 28.7. The minimum Gasteiger partial charge on any atom is -0.390 e. The van der Waals surface area contributed by atoms with Gasteiger partial charge in [0.2, 0.25) is 0 Å². The van der Waals surface area contributed by atoms with Crippen molar-refractivity contribution in [2.75, 3.05) is 0 Å². The zero-order valence-corrected chi connectivity index (χ0v) is 21.2. The zero-order valence-electron chi connectivity index (χ0n) is 20.5. The van der Waals surface area contributed by atoms with Gasteiger partial charge in [-0.15, -0.1) is 10.2 Å². The molecule has 0 unspecified atom stereocenters. The van der Waals surface area contributed by atoms with Crippen LogP contribution in [0.4, 0.5) is 13.2 Å². The average Bonchev–Trinajstić information content (AvgIpc) is 3.43. The first-order chi connectivity index (χ1) is 17.8. The number of rotatable bonds is 9. The van der Waals surface area contributed by atoms with Crippen LogP contribution in [0.1, 0.15) is 31.7 Å². The van der Waals surface area contributed by atoms with Crippen LogP contribution in [0.5, 0.6) is 0 Å². The van der Waals surface area contributed by atoms with Crippen molar-refractivity contribution in [2.45, 2.75) is 57.7 Å². The van der Waals surface area contributed by atoms with Crippen molar-refractivity contribution in [3.8, 4) is 17.1 Å². The Morgan fingerprint density at radius 1 is 1.11 bits per heavy atom. The molecule has 0 aliphatic carbocycles. The molecule has 10 nitrogen and oxygen atoms in total. The third-order valence-corrected chi connectivity index (χ3v) is 5.98. The van der Waals surface area contributed by atoms with Crippen molar-refractivity contribution in [3.63, 3.8) is 0 Å². The second-order valence-corrected chi connectivity index (χ2v) is 9.80. The first kappa shape index (κ1) is 27.5. The summed E-state index contributed by atoms with van der Waals surface area (Å²) in [6.07, 6.45) is -2.00. The highest BCUT2D eigenvalue weighted by atomic mass is 35.5. The predicted octanol–water partition coefficient (Wildman–Crippen LogP) is 3.02. The maximum atomic E-state index is 13.1. The van der Waals surface area contributed by atoms with Crippen molar-refractivity contribution < 1.29 is 23.4 Å². The lowest BCUT2D eigenvalue weighted by Crippen LogP contribution is -2.37. The van der Waals surface area contributed by atoms with Crippen LogP contribution in [0.25, 0.3) is 17.1 Å². The molecule has 1 atom stereocenters. The Hall–Kier alpha value is -3.55. The molecule has 0 saturated carbocycles. The van der Waals surface area contributed by atoms with Gasteiger partial charge in [-0.3, -0.25) is 9.55 Å². The number of benzene rings is 1. The van der Waals surface area contributed by atoms with Gasteiger partial charge in [0, 0.05) is 16.8 Å². The molecule has 0 aliphatic rings. The molecule has 202 valence electrons. The fourth-order valence-corrected chi connectivity index (χ4v) is 3.82. The Kier molecular flexibility index (Phi) is 7.72. The molecule has 0 saturated heterocycles. The monoisotopic (exact) mass is 551 g/mol. The third-order valence-electron chi connectivity index (χ3n) is 5.73. The first-order valence-corrected chi connectivity index (χ1v) is 11.9. The largest absolute Gasteiger partial charge is 0.416 e. The molecule has 3 aromatic heterocycles. The molecule has 14 heteroatoms. The fourth-order valence-electron chi connectivity index (χ4n) is 3.69. The van der Waals surface area contributed by atoms with E-state index in [4.69, 9.17) is 11.6 Å². The van der Waals surface area contributed by atoms with Gasteiger partial charge in [-0.1, -0.05) is 11.6 Å². The smallest absolute Gasteiger partial charge is 0.390 e. The highest BCUT2D eigenvalue weighted by molar-refractivity contribution is 6.30. The molecule has 1 aromatic carbocycles. The summed E-state index contributed by atoms with van der Waals surface area (Å²) < 4.78 is 42.4. The van der Waals surface area contributed by atoms with Crippen molar-refractivity contribution in [1.82, 2.24) is 34.1 Å². The minimum atomic E-state index is -4.92. The van der Waals surface area contributed by atoms with E-state index in [2.05, 4.69) is 20.2 Å². The first-order valence-electron chi connectivity index (χ1n) is 11.6. The van der Waals surface area contributed by atoms with E-state index in [1.165, 1.54) is 35.3 Å². The lowest BCUT2D eigenvalue weighted by molar-refractivity contribution is -0.207. The van der Waals surface area contributed by atoms with Gasteiger partial charge in [0.25, 0.3) is 0 Å². The quantitative estimate of drug-likeness (QED) is 0.328. The lowest BCUT2D eigenvalue weighted by atomic mass is 9.99. The van der Waals surface area contributed by atoms with Crippen LogP contribution in [0.2, 0.25) is 5.02 Å². The summed E-state index contributed by atoms with van der Waals surface area (Å²) in [6.45, 7) is 2.15. The number of halogens is 4. The van der Waals surface area contributed by atoms with E-state index in [-0.39, 0.29) is 18.2 Å². The van der Waals surface area contributed by atoms with Gasteiger partial charge in [0.1, 0.15) is 12.9 Å². The summed E-state index contributed by atoms with van der Waals surface area (Å²) in [7, 11) is 0. The van der Waals surface area contributed by atoms with E-state index in [9.17, 15) is 28.2 Å². The van der Waals surface area contributed by atoms with Crippen molar-refractivity contribution in [2.24, 2.45) is 0 Å². The van der Waals surface area contributed by atoms with Crippen LogP contribution in [0, 0.1) is 0 Å². The van der Waals surface area contributed by atoms with Crippen LogP contribution in [-0.2, 0) is 19.5 Å². The van der Waals surface area contributed by atoms with Gasteiger partial charge in [-0.2, -0.15) is 13.2 Å². The van der Waals surface area contributed by atoms with Crippen LogP contribution < -0.4 is 5.69 Å². The number of nitrogens with zero attached hydrogens (tertiary/aromatic N) is 7. The van der Waals surface area contributed by atoms with E-state index >= 15 is 0 Å². The molecule has 0 spiro atoms. The maximum absolute atomic E-state index is 13.1. The highest BCUT2D eigenvalue weighted by Crippen LogP contribution is 2.24. The number of aryl methyl sites for hydroxylation is 1. The number of hydrogen-bond acceptors (Lipinski definition) is 7. The topological polar surface area (TPSA) is 124 Å². The van der Waals surface area contributed by atoms with E-state index < -0.39 is 30.1 Å². The van der Waals surface area contributed by atoms with Gasteiger partial charge in [0.15, 0.2) is 17.8 Å². The number of aromatic nitrogens is 7. The second kappa shape index (κ2) is 10.7. The maximum Gasteiger partial charge on any atom is 0.416 e. The van der Waals surface area contributed by atoms with Crippen LogP contribution in [-0.4, -0.2) is 62.2 Å². The van der Waals surface area contributed by atoms with E-state index in [0.29, 0.717) is 29.1 Å². The Bertz CT molecular complexity index is 1460. The second-order valence-electron chi connectivity index (χ2n) is 9.36. The molecular weight excluding hydrogens is 527 g/mol. The van der Waals surface area contributed by atoms with Crippen molar-refractivity contribution in [1.29, 1.82) is 0 Å². The molecule has 2 N–H and O–H groups in total. The zero-order chi connectivity index (χ0) is 27.7. The minimum absolute atomic E-state index is 0.0736. The summed E-state index contributed by atoms with van der Waals surface area (Å²) >= 11 is 5.91. The Balaban J connectivity index is 1.65. The number of alkyl halides is 3. The number of hydrogen-bond donors (Lipinski definition) is 2. The Labute approximate surface area is 220 Å². The fraction of sp³-hybridized carbons (Fsp3) is 0.375. The lowest BCUT2D eigenvalue weighted by Gasteiger charge is -2.17. The third kappa shape index (κ3) is 6.47. The van der Waals surface area contributed by atoms with Gasteiger partial charge in [-0.05, 0) is 62.6 Å². The Morgan fingerprint density at radius 3 is 2.47 bits per heavy atom. The van der Waals surface area contributed by atoms with Crippen molar-refractivity contribution in [3.05, 3.63) is 75.9 Å². The summed E-state index contributed by atoms with van der Waals surface area (Å²) in [5.41, 5.74) is 0.0942. The number of pyridine rings is 1. The molecule has 0 aliphatic heterocycles. The van der Waals surface area contributed by atoms with E-state index in [1.807, 2.05) is 0 Å². The van der Waals surface area contributed by atoms with Gasteiger partial charge in [-0.25, -0.2) is 19.1 Å². The summed E-state index contributed by atoms with van der Waals surface area (Å²) in [5.74, 6) is 0.101. The molecular formula is C24H25ClF3N7O3. The van der Waals surface area contributed by atoms with Gasteiger partial charge < -0.3 is 10.2 Å². The molecule has 0 fully saturated rings. The highest BCUT2D eigenvalue weighted by Gasteiger charge is 2.39. The molecule has 3 heterocycles. The van der Waals surface area contributed by atoms with Crippen molar-refractivity contribution >= 4 is 11.6 Å². The number of aliphatic hydroxyl groups excluding tert-OH is 1. The molecule has 0 radical (unpaired) electrons. The van der Waals surface area contributed by atoms with Crippen LogP contribution >= 0.6 is 11.6 Å². The van der Waals surface area contributed by atoms with Crippen LogP contribution in [0.3, 0.4) is 0 Å². The molecule has 38 heavy (non-hydrogen) atoms. The standard InChI is InChI=1S/C24H25ClF3N7O3/c1-23(2,38)9-7-15-8-10-29-11-18(15)35-14-30-20(31-35)13-34-22(37)33(12-19(36)24(26,27)28)21(32-34)16-3-5-17(25)6-4-16/h3-6,8,10-11,14,19,36,38H,7,9,12-13H2,1-2H3/t19-/m0/s1. The Morgan fingerprint density at radius 2 is 1.82 bits per heavy atom. The SMILES string of the molecule is CC(C)(O)CCc1ccncc1-n1cnc(Cn2nc(-c3ccc(Cl)cc3)n(C[C@H](O)C(F)(F)F)c2=O)n1. The van der Waals surface area contributed by atoms with E-state index in [1.54, 1.807) is 32.3 Å². The van der Waals surface area contributed by atoms with Gasteiger partial charge >= 0.3 is 11.9 Å². The molecule has 0 amide bonds. The number of aliphatic hydroxyl groups is 2. The summed E-state index contributed by atoms with van der Waals surface area (Å²) in [4.78, 5) is 21.4. The predicted molar refractivity (Wildman–Crippen MR) is 132 cm³/mol. The summed E-state index contributed by atoms with van der Waals surface area (Å²) in [6, 6.07) is 7.85. The molecule has 4 aromatic rings. The van der Waals surface area contributed by atoms with Crippen LogP contribution in [0.15, 0.2) is 53.8 Å². The average molecular weight is 552 g/mol. The van der Waals surface area contributed by atoms with E-state index in [0.717, 1.165) is 14.8 Å². The molecule has 0 bridgehead atoms. The van der Waals surface area contributed by atoms with Gasteiger partial charge in [0.05, 0.1) is 24.0 Å². The molecule has 4 rings (SSSR count).